The highest BCUT2D eigenvalue weighted by Crippen LogP contribution is 2.29. The van der Waals surface area contributed by atoms with E-state index in [1.54, 1.807) is 0 Å². The summed E-state index contributed by atoms with van der Waals surface area (Å²) >= 11 is 0. The average molecular weight is 192 g/mol. The van der Waals surface area contributed by atoms with Gasteiger partial charge in [0.05, 0.1) is 11.9 Å². The smallest absolute Gasteiger partial charge is 0.0726 e. The Morgan fingerprint density at radius 1 is 1.43 bits per heavy atom. The van der Waals surface area contributed by atoms with Crippen molar-refractivity contribution in [1.82, 2.24) is 15.1 Å². The molecule has 0 aliphatic carbocycles. The molecule has 0 spiro atoms. The summed E-state index contributed by atoms with van der Waals surface area (Å²) in [4.78, 5) is 2.61. The minimum atomic E-state index is 0.634. The zero-order valence-electron chi connectivity index (χ0n) is 8.24. The molecule has 3 heterocycles. The predicted octanol–water partition coefficient (Wildman–Crippen LogP) is 1.06. The van der Waals surface area contributed by atoms with Gasteiger partial charge < -0.3 is 5.32 Å². The second-order valence-corrected chi connectivity index (χ2v) is 4.27. The van der Waals surface area contributed by atoms with Crippen LogP contribution in [-0.2, 0) is 0 Å². The van der Waals surface area contributed by atoms with Gasteiger partial charge in [-0.3, -0.25) is 10.00 Å². The number of hydrogen-bond donors (Lipinski definition) is 2. The lowest BCUT2D eigenvalue weighted by Gasteiger charge is -2.21. The van der Waals surface area contributed by atoms with Crippen molar-refractivity contribution in [2.45, 2.75) is 31.3 Å². The molecule has 2 fully saturated rings. The maximum Gasteiger partial charge on any atom is 0.0726 e. The third kappa shape index (κ3) is 1.30. The first-order valence-corrected chi connectivity index (χ1v) is 5.43. The van der Waals surface area contributed by atoms with E-state index in [0.29, 0.717) is 6.04 Å². The maximum absolute atomic E-state index is 3.95. The standard InChI is InChI=1S/C10H16N4/c1-2-10-9(3-5-14(10)4-1)13-8-6-11-12-7-8/h6-7,9-10,13H,1-5H2,(H,11,12). The van der Waals surface area contributed by atoms with Crippen LogP contribution in [0.3, 0.4) is 0 Å². The van der Waals surface area contributed by atoms with E-state index in [0.717, 1.165) is 11.7 Å². The van der Waals surface area contributed by atoms with Crippen LogP contribution in [-0.4, -0.2) is 40.3 Å². The van der Waals surface area contributed by atoms with Gasteiger partial charge in [-0.15, -0.1) is 0 Å². The Bertz CT molecular complexity index is 295. The molecule has 4 nitrogen and oxygen atoms in total. The molecule has 14 heavy (non-hydrogen) atoms. The highest BCUT2D eigenvalue weighted by molar-refractivity contribution is 5.39. The summed E-state index contributed by atoms with van der Waals surface area (Å²) in [7, 11) is 0. The van der Waals surface area contributed by atoms with E-state index in [-0.39, 0.29) is 0 Å². The fourth-order valence-electron chi connectivity index (χ4n) is 2.79. The Labute approximate surface area is 83.7 Å². The molecule has 4 heteroatoms. The molecule has 0 saturated carbocycles. The number of H-pyrrole nitrogens is 1. The third-order valence-corrected chi connectivity index (χ3v) is 3.46. The van der Waals surface area contributed by atoms with E-state index in [9.17, 15) is 0 Å². The minimum Gasteiger partial charge on any atom is -0.378 e. The normalized spacial score (nSPS) is 32.0. The fraction of sp³-hybridized carbons (Fsp3) is 0.700. The largest absolute Gasteiger partial charge is 0.378 e. The van der Waals surface area contributed by atoms with Crippen LogP contribution in [0.5, 0.6) is 0 Å². The molecule has 2 unspecified atom stereocenters. The molecule has 2 aliphatic heterocycles. The van der Waals surface area contributed by atoms with Crippen molar-refractivity contribution >= 4 is 5.69 Å². The fourth-order valence-corrected chi connectivity index (χ4v) is 2.79. The van der Waals surface area contributed by atoms with Crippen molar-refractivity contribution in [3.05, 3.63) is 12.4 Å². The molecule has 76 valence electrons. The number of fused-ring (bicyclic) bond motifs is 1. The van der Waals surface area contributed by atoms with Crippen molar-refractivity contribution < 1.29 is 0 Å². The van der Waals surface area contributed by atoms with Crippen LogP contribution >= 0.6 is 0 Å². The second-order valence-electron chi connectivity index (χ2n) is 4.27. The summed E-state index contributed by atoms with van der Waals surface area (Å²) in [5.41, 5.74) is 1.13. The van der Waals surface area contributed by atoms with Gasteiger partial charge in [0.2, 0.25) is 0 Å². The Balaban J connectivity index is 1.68. The first-order chi connectivity index (χ1) is 6.93. The number of nitrogens with zero attached hydrogens (tertiary/aromatic N) is 2. The van der Waals surface area contributed by atoms with Crippen LogP contribution in [0, 0.1) is 0 Å². The molecule has 2 saturated heterocycles. The van der Waals surface area contributed by atoms with E-state index in [1.807, 2.05) is 12.4 Å². The Morgan fingerprint density at radius 3 is 3.29 bits per heavy atom. The third-order valence-electron chi connectivity index (χ3n) is 3.46. The van der Waals surface area contributed by atoms with E-state index in [1.165, 1.54) is 32.4 Å². The van der Waals surface area contributed by atoms with Crippen LogP contribution in [0.4, 0.5) is 5.69 Å². The van der Waals surface area contributed by atoms with Crippen LogP contribution in [0.25, 0.3) is 0 Å². The lowest BCUT2D eigenvalue weighted by atomic mass is 10.1. The Morgan fingerprint density at radius 2 is 2.43 bits per heavy atom. The van der Waals surface area contributed by atoms with E-state index in [2.05, 4.69) is 20.4 Å². The van der Waals surface area contributed by atoms with Gasteiger partial charge in [-0.05, 0) is 25.8 Å². The van der Waals surface area contributed by atoms with Gasteiger partial charge in [0, 0.05) is 24.8 Å². The molecule has 2 atom stereocenters. The van der Waals surface area contributed by atoms with Crippen LogP contribution < -0.4 is 5.32 Å². The number of nitrogens with one attached hydrogen (secondary N) is 2. The van der Waals surface area contributed by atoms with Gasteiger partial charge in [-0.25, -0.2) is 0 Å². The average Bonchev–Trinajstić information content (AvgIpc) is 2.85. The first kappa shape index (κ1) is 8.29. The lowest BCUT2D eigenvalue weighted by Crippen LogP contribution is -2.33. The van der Waals surface area contributed by atoms with E-state index in [4.69, 9.17) is 0 Å². The molecule has 0 amide bonds. The highest BCUT2D eigenvalue weighted by Gasteiger charge is 2.36. The van der Waals surface area contributed by atoms with Gasteiger partial charge in [0.15, 0.2) is 0 Å². The lowest BCUT2D eigenvalue weighted by molar-refractivity contribution is 0.318. The Hall–Kier alpha value is -1.03. The van der Waals surface area contributed by atoms with Gasteiger partial charge in [0.1, 0.15) is 0 Å². The molecule has 0 bridgehead atoms. The highest BCUT2D eigenvalue weighted by atomic mass is 15.2. The topological polar surface area (TPSA) is 44.0 Å². The van der Waals surface area contributed by atoms with Crippen LogP contribution in [0.1, 0.15) is 19.3 Å². The summed E-state index contributed by atoms with van der Waals surface area (Å²) in [6, 6.07) is 1.40. The molecule has 2 aliphatic rings. The number of aromatic amines is 1. The SMILES string of the molecule is c1n[nH]cc1NC1CCN2CCCC12. The first-order valence-electron chi connectivity index (χ1n) is 5.43. The quantitative estimate of drug-likeness (QED) is 0.736. The van der Waals surface area contributed by atoms with Crippen molar-refractivity contribution in [3.63, 3.8) is 0 Å². The zero-order chi connectivity index (χ0) is 9.38. The number of hydrogen-bond acceptors (Lipinski definition) is 3. The second kappa shape index (κ2) is 3.28. The molecular formula is C10H16N4. The summed E-state index contributed by atoms with van der Waals surface area (Å²) in [6.45, 7) is 2.56. The van der Waals surface area contributed by atoms with Crippen molar-refractivity contribution in [2.24, 2.45) is 0 Å². The van der Waals surface area contributed by atoms with Gasteiger partial charge in [0.25, 0.3) is 0 Å². The van der Waals surface area contributed by atoms with E-state index >= 15 is 0 Å². The molecule has 3 rings (SSSR count). The number of aromatic nitrogens is 2. The van der Waals surface area contributed by atoms with Crippen molar-refractivity contribution in [3.8, 4) is 0 Å². The number of rotatable bonds is 2. The molecule has 2 N–H and O–H groups in total. The zero-order valence-corrected chi connectivity index (χ0v) is 8.24. The molecule has 0 aromatic carbocycles. The Kier molecular flexibility index (Phi) is 1.94. The van der Waals surface area contributed by atoms with Gasteiger partial charge >= 0.3 is 0 Å². The van der Waals surface area contributed by atoms with Crippen molar-refractivity contribution in [1.29, 1.82) is 0 Å². The number of anilines is 1. The van der Waals surface area contributed by atoms with Gasteiger partial charge in [-0.2, -0.15) is 5.10 Å². The molecule has 1 aromatic heterocycles. The molecule has 1 aromatic rings. The summed E-state index contributed by atoms with van der Waals surface area (Å²) < 4.78 is 0. The summed E-state index contributed by atoms with van der Waals surface area (Å²) in [5.74, 6) is 0. The van der Waals surface area contributed by atoms with E-state index < -0.39 is 0 Å². The monoisotopic (exact) mass is 192 g/mol. The molecule has 0 radical (unpaired) electrons. The predicted molar refractivity (Wildman–Crippen MR) is 55.2 cm³/mol. The minimum absolute atomic E-state index is 0.634. The summed E-state index contributed by atoms with van der Waals surface area (Å²) in [5, 5.41) is 10.3. The van der Waals surface area contributed by atoms with Crippen molar-refractivity contribution in [2.75, 3.05) is 18.4 Å². The maximum atomic E-state index is 3.95. The summed E-state index contributed by atoms with van der Waals surface area (Å²) in [6.07, 6.45) is 7.79. The van der Waals surface area contributed by atoms with Crippen LogP contribution in [0.2, 0.25) is 0 Å². The molecular weight excluding hydrogens is 176 g/mol. The van der Waals surface area contributed by atoms with Crippen LogP contribution in [0.15, 0.2) is 12.4 Å². The van der Waals surface area contributed by atoms with Gasteiger partial charge in [-0.1, -0.05) is 0 Å².